The van der Waals surface area contributed by atoms with E-state index in [1.807, 2.05) is 12.4 Å². The fourth-order valence-corrected chi connectivity index (χ4v) is 2.75. The minimum atomic E-state index is 0.420. The second-order valence-electron chi connectivity index (χ2n) is 4.76. The van der Waals surface area contributed by atoms with E-state index >= 15 is 0 Å². The van der Waals surface area contributed by atoms with Crippen molar-refractivity contribution in [2.24, 2.45) is 0 Å². The maximum Gasteiger partial charge on any atom is 0.132 e. The normalized spacial score (nSPS) is 17.5. The highest BCUT2D eigenvalue weighted by Gasteiger charge is 2.21. The lowest BCUT2D eigenvalue weighted by molar-refractivity contribution is -0.120. The van der Waals surface area contributed by atoms with Gasteiger partial charge in [0, 0.05) is 30.6 Å². The Balaban J connectivity index is 2.02. The summed E-state index contributed by atoms with van der Waals surface area (Å²) in [4.78, 5) is 15.5. The van der Waals surface area contributed by atoms with Gasteiger partial charge in [-0.15, -0.1) is 0 Å². The first-order valence-corrected chi connectivity index (χ1v) is 6.19. The van der Waals surface area contributed by atoms with E-state index in [1.165, 1.54) is 16.3 Å². The lowest BCUT2D eigenvalue weighted by atomic mass is 9.82. The largest absolute Gasteiger partial charge is 0.300 e. The van der Waals surface area contributed by atoms with Gasteiger partial charge >= 0.3 is 0 Å². The van der Waals surface area contributed by atoms with Crippen molar-refractivity contribution in [3.63, 3.8) is 0 Å². The minimum Gasteiger partial charge on any atom is -0.300 e. The molecular formula is C15H15NO. The molecule has 0 bridgehead atoms. The smallest absolute Gasteiger partial charge is 0.132 e. The fourth-order valence-electron chi connectivity index (χ4n) is 2.75. The third-order valence-corrected chi connectivity index (χ3v) is 3.70. The Morgan fingerprint density at radius 3 is 2.76 bits per heavy atom. The molecule has 1 fully saturated rings. The van der Waals surface area contributed by atoms with E-state index in [-0.39, 0.29) is 0 Å². The molecule has 0 spiro atoms. The lowest BCUT2D eigenvalue weighted by Gasteiger charge is -2.22. The summed E-state index contributed by atoms with van der Waals surface area (Å²) >= 11 is 0. The molecule has 0 radical (unpaired) electrons. The first kappa shape index (κ1) is 10.5. The predicted octanol–water partition coefficient (Wildman–Crippen LogP) is 3.46. The molecule has 2 aromatic rings. The number of carbonyl (C=O) groups excluding carboxylic acids is 1. The average molecular weight is 225 g/mol. The molecule has 0 saturated heterocycles. The number of nitrogens with zero attached hydrogens (tertiary/aromatic N) is 1. The quantitative estimate of drug-likeness (QED) is 0.744. The standard InChI is InChI=1S/C15H15NO/c17-13-6-4-11(5-7-13)14-3-1-2-12-10-16-9-8-15(12)14/h1-3,8-11H,4-7H2. The van der Waals surface area contributed by atoms with Gasteiger partial charge < -0.3 is 0 Å². The Labute approximate surface area is 101 Å². The van der Waals surface area contributed by atoms with Crippen LogP contribution in [0, 0.1) is 0 Å². The van der Waals surface area contributed by atoms with Gasteiger partial charge in [-0.25, -0.2) is 0 Å². The van der Waals surface area contributed by atoms with Crippen LogP contribution in [0.3, 0.4) is 0 Å². The van der Waals surface area contributed by atoms with Crippen LogP contribution in [0.2, 0.25) is 0 Å². The highest BCUT2D eigenvalue weighted by molar-refractivity contribution is 5.86. The summed E-state index contributed by atoms with van der Waals surface area (Å²) in [5.41, 5.74) is 1.39. The van der Waals surface area contributed by atoms with Crippen molar-refractivity contribution in [1.29, 1.82) is 0 Å². The van der Waals surface area contributed by atoms with Gasteiger partial charge in [-0.1, -0.05) is 18.2 Å². The molecule has 0 unspecified atom stereocenters. The molecule has 3 rings (SSSR count). The van der Waals surface area contributed by atoms with Crippen molar-refractivity contribution in [2.75, 3.05) is 0 Å². The van der Waals surface area contributed by atoms with E-state index in [9.17, 15) is 4.79 Å². The van der Waals surface area contributed by atoms with E-state index in [4.69, 9.17) is 0 Å². The van der Waals surface area contributed by atoms with E-state index in [2.05, 4.69) is 29.2 Å². The van der Waals surface area contributed by atoms with Crippen molar-refractivity contribution < 1.29 is 4.79 Å². The molecule has 86 valence electrons. The Morgan fingerprint density at radius 2 is 1.94 bits per heavy atom. The second kappa shape index (κ2) is 4.28. The zero-order valence-electron chi connectivity index (χ0n) is 9.73. The zero-order valence-corrected chi connectivity index (χ0v) is 9.73. The molecule has 0 N–H and O–H groups in total. The number of pyridine rings is 1. The molecular weight excluding hydrogens is 210 g/mol. The van der Waals surface area contributed by atoms with Crippen LogP contribution >= 0.6 is 0 Å². The van der Waals surface area contributed by atoms with Crippen molar-refractivity contribution in [3.05, 3.63) is 42.2 Å². The summed E-state index contributed by atoms with van der Waals surface area (Å²) < 4.78 is 0. The molecule has 1 saturated carbocycles. The molecule has 0 aliphatic heterocycles. The third-order valence-electron chi connectivity index (χ3n) is 3.70. The van der Waals surface area contributed by atoms with Gasteiger partial charge in [-0.3, -0.25) is 9.78 Å². The second-order valence-corrected chi connectivity index (χ2v) is 4.76. The molecule has 1 aliphatic rings. The Kier molecular flexibility index (Phi) is 2.63. The molecule has 1 aromatic carbocycles. The average Bonchev–Trinajstić information content (AvgIpc) is 2.39. The highest BCUT2D eigenvalue weighted by atomic mass is 16.1. The number of ketones is 1. The molecule has 1 aromatic heterocycles. The van der Waals surface area contributed by atoms with Gasteiger partial charge in [0.15, 0.2) is 0 Å². The van der Waals surface area contributed by atoms with Crippen molar-refractivity contribution in [3.8, 4) is 0 Å². The number of hydrogen-bond acceptors (Lipinski definition) is 2. The van der Waals surface area contributed by atoms with Crippen molar-refractivity contribution >= 4 is 16.6 Å². The topological polar surface area (TPSA) is 30.0 Å². The summed E-state index contributed by atoms with van der Waals surface area (Å²) in [6.07, 6.45) is 7.24. The SMILES string of the molecule is O=C1CCC(c2cccc3cnccc23)CC1. The Bertz CT molecular complexity index is 546. The molecule has 1 heterocycles. The van der Waals surface area contributed by atoms with Gasteiger partial charge in [0.1, 0.15) is 5.78 Å². The van der Waals surface area contributed by atoms with Crippen molar-refractivity contribution in [1.82, 2.24) is 4.98 Å². The molecule has 0 amide bonds. The van der Waals surface area contributed by atoms with Gasteiger partial charge in [-0.05, 0) is 35.8 Å². The number of hydrogen-bond donors (Lipinski definition) is 0. The maximum absolute atomic E-state index is 11.3. The first-order chi connectivity index (χ1) is 8.34. The van der Waals surface area contributed by atoms with Crippen LogP contribution in [0.25, 0.3) is 10.8 Å². The molecule has 2 heteroatoms. The summed E-state index contributed by atoms with van der Waals surface area (Å²) in [5, 5.41) is 2.49. The number of carbonyl (C=O) groups is 1. The summed E-state index contributed by atoms with van der Waals surface area (Å²) in [5.74, 6) is 0.960. The van der Waals surface area contributed by atoms with Gasteiger partial charge in [0.05, 0.1) is 0 Å². The van der Waals surface area contributed by atoms with E-state index < -0.39 is 0 Å². The van der Waals surface area contributed by atoms with Crippen LogP contribution in [0.1, 0.15) is 37.2 Å². The van der Waals surface area contributed by atoms with Crippen LogP contribution in [-0.2, 0) is 4.79 Å². The van der Waals surface area contributed by atoms with Crippen LogP contribution in [0.5, 0.6) is 0 Å². The van der Waals surface area contributed by atoms with E-state index in [1.54, 1.807) is 0 Å². The zero-order chi connectivity index (χ0) is 11.7. The number of fused-ring (bicyclic) bond motifs is 1. The number of aromatic nitrogens is 1. The van der Waals surface area contributed by atoms with E-state index in [0.29, 0.717) is 11.7 Å². The van der Waals surface area contributed by atoms with Gasteiger partial charge in [0.2, 0.25) is 0 Å². The number of benzene rings is 1. The summed E-state index contributed by atoms with van der Waals surface area (Å²) in [6, 6.07) is 8.47. The van der Waals surface area contributed by atoms with E-state index in [0.717, 1.165) is 25.7 Å². The minimum absolute atomic E-state index is 0.420. The third kappa shape index (κ3) is 1.95. The van der Waals surface area contributed by atoms with Crippen LogP contribution in [0.4, 0.5) is 0 Å². The molecule has 2 nitrogen and oxygen atoms in total. The fraction of sp³-hybridized carbons (Fsp3) is 0.333. The molecule has 17 heavy (non-hydrogen) atoms. The van der Waals surface area contributed by atoms with Crippen LogP contribution in [-0.4, -0.2) is 10.8 Å². The van der Waals surface area contributed by atoms with Crippen LogP contribution in [0.15, 0.2) is 36.7 Å². The summed E-state index contributed by atoms with van der Waals surface area (Å²) in [6.45, 7) is 0. The van der Waals surface area contributed by atoms with Gasteiger partial charge in [0.25, 0.3) is 0 Å². The molecule has 0 atom stereocenters. The van der Waals surface area contributed by atoms with Crippen LogP contribution < -0.4 is 0 Å². The van der Waals surface area contributed by atoms with Gasteiger partial charge in [-0.2, -0.15) is 0 Å². The van der Waals surface area contributed by atoms with Crippen molar-refractivity contribution in [2.45, 2.75) is 31.6 Å². The Morgan fingerprint density at radius 1 is 1.12 bits per heavy atom. The number of rotatable bonds is 1. The lowest BCUT2D eigenvalue weighted by Crippen LogP contribution is -2.12. The highest BCUT2D eigenvalue weighted by Crippen LogP contribution is 2.34. The maximum atomic E-state index is 11.3. The monoisotopic (exact) mass is 225 g/mol. The molecule has 1 aliphatic carbocycles. The predicted molar refractivity (Wildman–Crippen MR) is 68.0 cm³/mol. The number of Topliss-reactive ketones (excluding diaryl/α,β-unsaturated/α-hetero) is 1. The first-order valence-electron chi connectivity index (χ1n) is 6.19. The summed E-state index contributed by atoms with van der Waals surface area (Å²) in [7, 11) is 0. The Hall–Kier alpha value is -1.70.